The van der Waals surface area contributed by atoms with Crippen molar-refractivity contribution in [3.05, 3.63) is 34.3 Å². The molecule has 1 aromatic carbocycles. The fourth-order valence-corrected chi connectivity index (χ4v) is 2.92. The minimum absolute atomic E-state index is 0.0471. The fourth-order valence-electron chi connectivity index (χ4n) is 2.65. The van der Waals surface area contributed by atoms with Crippen molar-refractivity contribution in [3.63, 3.8) is 0 Å². The molecule has 0 saturated carbocycles. The van der Waals surface area contributed by atoms with Gasteiger partial charge in [-0.3, -0.25) is 9.59 Å². The van der Waals surface area contributed by atoms with Crippen LogP contribution < -0.4 is 5.32 Å². The van der Waals surface area contributed by atoms with Gasteiger partial charge in [0.2, 0.25) is 5.91 Å². The van der Waals surface area contributed by atoms with Crippen molar-refractivity contribution in [2.24, 2.45) is 5.92 Å². The second-order valence-corrected chi connectivity index (χ2v) is 6.63. The van der Waals surface area contributed by atoms with Crippen LogP contribution in [0.2, 0.25) is 0 Å². The number of benzene rings is 1. The molecule has 1 aliphatic rings. The third kappa shape index (κ3) is 4.57. The summed E-state index contributed by atoms with van der Waals surface area (Å²) in [5.74, 6) is 0.243. The lowest BCUT2D eigenvalue weighted by Crippen LogP contribution is -2.43. The quantitative estimate of drug-likeness (QED) is 0.813. The van der Waals surface area contributed by atoms with Gasteiger partial charge in [0.1, 0.15) is 0 Å². The molecule has 1 saturated heterocycles. The minimum atomic E-state index is 0.0471. The van der Waals surface area contributed by atoms with E-state index >= 15 is 0 Å². The molecule has 1 fully saturated rings. The van der Waals surface area contributed by atoms with Crippen LogP contribution in [0, 0.1) is 5.92 Å². The van der Waals surface area contributed by atoms with Gasteiger partial charge < -0.3 is 10.2 Å². The SMILES string of the molecule is CCCCNC(=O)C1CCN(C(=O)c2ccc(Br)cc2)CC1. The molecule has 0 bridgehead atoms. The lowest BCUT2D eigenvalue weighted by atomic mass is 9.95. The summed E-state index contributed by atoms with van der Waals surface area (Å²) in [6.45, 7) is 4.17. The molecule has 0 radical (unpaired) electrons. The van der Waals surface area contributed by atoms with Crippen molar-refractivity contribution < 1.29 is 9.59 Å². The Morgan fingerprint density at radius 3 is 2.45 bits per heavy atom. The Morgan fingerprint density at radius 1 is 1.23 bits per heavy atom. The second kappa shape index (κ2) is 8.32. The van der Waals surface area contributed by atoms with Gasteiger partial charge in [0.15, 0.2) is 0 Å². The zero-order valence-corrected chi connectivity index (χ0v) is 14.6. The van der Waals surface area contributed by atoms with E-state index < -0.39 is 0 Å². The number of hydrogen-bond acceptors (Lipinski definition) is 2. The predicted molar refractivity (Wildman–Crippen MR) is 90.7 cm³/mol. The molecule has 0 aromatic heterocycles. The van der Waals surface area contributed by atoms with Gasteiger partial charge in [0, 0.05) is 35.6 Å². The Labute approximate surface area is 140 Å². The van der Waals surface area contributed by atoms with Gasteiger partial charge >= 0.3 is 0 Å². The summed E-state index contributed by atoms with van der Waals surface area (Å²) in [7, 11) is 0. The third-order valence-corrected chi connectivity index (χ3v) is 4.60. The number of hydrogen-bond donors (Lipinski definition) is 1. The summed E-state index contributed by atoms with van der Waals surface area (Å²) in [4.78, 5) is 26.3. The first-order valence-corrected chi connectivity index (χ1v) is 8.73. The molecule has 120 valence electrons. The van der Waals surface area contributed by atoms with Gasteiger partial charge in [0.25, 0.3) is 5.91 Å². The number of halogens is 1. The summed E-state index contributed by atoms with van der Waals surface area (Å²) < 4.78 is 0.964. The third-order valence-electron chi connectivity index (χ3n) is 4.07. The molecule has 0 atom stereocenters. The maximum Gasteiger partial charge on any atom is 0.253 e. The van der Waals surface area contributed by atoms with Crippen molar-refractivity contribution >= 4 is 27.7 Å². The Kier molecular flexibility index (Phi) is 6.43. The maximum atomic E-state index is 12.4. The van der Waals surface area contributed by atoms with Gasteiger partial charge in [-0.05, 0) is 43.5 Å². The lowest BCUT2D eigenvalue weighted by molar-refractivity contribution is -0.126. The molecule has 0 aliphatic carbocycles. The predicted octanol–water partition coefficient (Wildman–Crippen LogP) is 3.22. The van der Waals surface area contributed by atoms with Crippen LogP contribution in [0.4, 0.5) is 0 Å². The summed E-state index contributed by atoms with van der Waals surface area (Å²) in [5.41, 5.74) is 0.703. The normalized spacial score (nSPS) is 15.6. The highest BCUT2D eigenvalue weighted by Crippen LogP contribution is 2.20. The molecule has 1 heterocycles. The monoisotopic (exact) mass is 366 g/mol. The van der Waals surface area contributed by atoms with Crippen LogP contribution in [0.3, 0.4) is 0 Å². The van der Waals surface area contributed by atoms with Gasteiger partial charge in [-0.2, -0.15) is 0 Å². The first-order chi connectivity index (χ1) is 10.6. The van der Waals surface area contributed by atoms with E-state index in [1.807, 2.05) is 29.2 Å². The van der Waals surface area contributed by atoms with Gasteiger partial charge in [0.05, 0.1) is 0 Å². The number of nitrogens with zero attached hydrogens (tertiary/aromatic N) is 1. The fraction of sp³-hybridized carbons (Fsp3) is 0.529. The van der Waals surface area contributed by atoms with Crippen LogP contribution in [0.25, 0.3) is 0 Å². The number of piperidine rings is 1. The number of nitrogens with one attached hydrogen (secondary N) is 1. The highest BCUT2D eigenvalue weighted by atomic mass is 79.9. The zero-order chi connectivity index (χ0) is 15.9. The number of carbonyl (C=O) groups excluding carboxylic acids is 2. The number of rotatable bonds is 5. The van der Waals surface area contributed by atoms with Crippen molar-refractivity contribution in [2.75, 3.05) is 19.6 Å². The van der Waals surface area contributed by atoms with Crippen LogP contribution in [0.15, 0.2) is 28.7 Å². The number of carbonyl (C=O) groups is 2. The zero-order valence-electron chi connectivity index (χ0n) is 13.0. The summed E-state index contributed by atoms with van der Waals surface area (Å²) in [6, 6.07) is 7.41. The second-order valence-electron chi connectivity index (χ2n) is 5.72. The van der Waals surface area contributed by atoms with Gasteiger partial charge in [-0.25, -0.2) is 0 Å². The molecule has 2 amide bonds. The molecular weight excluding hydrogens is 344 g/mol. The standard InChI is InChI=1S/C17H23BrN2O2/c1-2-3-10-19-16(21)13-8-11-20(12-9-13)17(22)14-4-6-15(18)7-5-14/h4-7,13H,2-3,8-12H2,1H3,(H,19,21). The van der Waals surface area contributed by atoms with E-state index in [1.165, 1.54) is 0 Å². The highest BCUT2D eigenvalue weighted by molar-refractivity contribution is 9.10. The first-order valence-electron chi connectivity index (χ1n) is 7.94. The molecule has 1 aliphatic heterocycles. The van der Waals surface area contributed by atoms with Crippen LogP contribution in [-0.4, -0.2) is 36.3 Å². The number of unbranched alkanes of at least 4 members (excludes halogenated alkanes) is 1. The molecule has 0 spiro atoms. The highest BCUT2D eigenvalue weighted by Gasteiger charge is 2.27. The van der Waals surface area contributed by atoms with E-state index in [0.717, 1.165) is 36.7 Å². The molecule has 4 nitrogen and oxygen atoms in total. The number of likely N-dealkylation sites (tertiary alicyclic amines) is 1. The Morgan fingerprint density at radius 2 is 1.86 bits per heavy atom. The maximum absolute atomic E-state index is 12.4. The summed E-state index contributed by atoms with van der Waals surface area (Å²) in [6.07, 6.45) is 3.60. The topological polar surface area (TPSA) is 49.4 Å². The van der Waals surface area contributed by atoms with Crippen LogP contribution in [-0.2, 0) is 4.79 Å². The summed E-state index contributed by atoms with van der Waals surface area (Å²) in [5, 5.41) is 2.99. The van der Waals surface area contributed by atoms with E-state index in [1.54, 1.807) is 0 Å². The molecule has 0 unspecified atom stereocenters. The van der Waals surface area contributed by atoms with Crippen molar-refractivity contribution in [1.82, 2.24) is 10.2 Å². The van der Waals surface area contributed by atoms with Crippen molar-refractivity contribution in [2.45, 2.75) is 32.6 Å². The van der Waals surface area contributed by atoms with Crippen LogP contribution >= 0.6 is 15.9 Å². The molecular formula is C17H23BrN2O2. The number of amides is 2. The average molecular weight is 367 g/mol. The Hall–Kier alpha value is -1.36. The van der Waals surface area contributed by atoms with E-state index in [9.17, 15) is 9.59 Å². The first kappa shape index (κ1) is 17.0. The van der Waals surface area contributed by atoms with E-state index in [0.29, 0.717) is 18.7 Å². The molecule has 5 heteroatoms. The lowest BCUT2D eigenvalue weighted by Gasteiger charge is -2.31. The van der Waals surface area contributed by atoms with Crippen LogP contribution in [0.5, 0.6) is 0 Å². The largest absolute Gasteiger partial charge is 0.356 e. The van der Waals surface area contributed by atoms with Gasteiger partial charge in [-0.1, -0.05) is 29.3 Å². The van der Waals surface area contributed by atoms with E-state index in [4.69, 9.17) is 0 Å². The summed E-state index contributed by atoms with van der Waals surface area (Å²) >= 11 is 3.37. The Balaban J connectivity index is 1.82. The molecule has 22 heavy (non-hydrogen) atoms. The molecule has 2 rings (SSSR count). The Bertz CT molecular complexity index is 508. The molecule has 1 N–H and O–H groups in total. The smallest absolute Gasteiger partial charge is 0.253 e. The van der Waals surface area contributed by atoms with E-state index in [-0.39, 0.29) is 17.7 Å². The van der Waals surface area contributed by atoms with E-state index in [2.05, 4.69) is 28.2 Å². The molecule has 1 aromatic rings. The average Bonchev–Trinajstić information content (AvgIpc) is 2.55. The van der Waals surface area contributed by atoms with Crippen LogP contribution in [0.1, 0.15) is 43.0 Å². The van der Waals surface area contributed by atoms with Crippen molar-refractivity contribution in [3.8, 4) is 0 Å². The minimum Gasteiger partial charge on any atom is -0.356 e. The van der Waals surface area contributed by atoms with Gasteiger partial charge in [-0.15, -0.1) is 0 Å². The van der Waals surface area contributed by atoms with Crippen molar-refractivity contribution in [1.29, 1.82) is 0 Å².